The maximum atomic E-state index is 5.95. The first kappa shape index (κ1) is 16.2. The van der Waals surface area contributed by atoms with Crippen molar-refractivity contribution in [2.24, 2.45) is 7.05 Å². The van der Waals surface area contributed by atoms with E-state index in [9.17, 15) is 0 Å². The monoisotopic (exact) mass is 372 g/mol. The Morgan fingerprint density at radius 2 is 1.93 bits per heavy atom. The summed E-state index contributed by atoms with van der Waals surface area (Å²) in [7, 11) is 1.82. The van der Waals surface area contributed by atoms with Gasteiger partial charge in [-0.3, -0.25) is 4.68 Å². The van der Waals surface area contributed by atoms with Crippen LogP contribution in [0, 0.1) is 6.92 Å². The first-order valence-electron chi connectivity index (χ1n) is 8.70. The van der Waals surface area contributed by atoms with Gasteiger partial charge in [-0.1, -0.05) is 17.7 Å². The molecule has 0 saturated carbocycles. The molecular weight excluding hydrogens is 356 g/mol. The van der Waals surface area contributed by atoms with E-state index in [1.807, 2.05) is 56.4 Å². The fourth-order valence-electron chi connectivity index (χ4n) is 2.92. The fourth-order valence-corrected chi connectivity index (χ4v) is 2.92. The third-order valence-electron chi connectivity index (χ3n) is 4.37. The molecule has 0 unspecified atom stereocenters. The molecule has 8 heteroatoms. The summed E-state index contributed by atoms with van der Waals surface area (Å²) in [6.07, 6.45) is 3.14. The van der Waals surface area contributed by atoms with Crippen molar-refractivity contribution in [3.8, 4) is 11.6 Å². The molecule has 0 spiro atoms. The van der Waals surface area contributed by atoms with Crippen molar-refractivity contribution in [1.29, 1.82) is 0 Å². The summed E-state index contributed by atoms with van der Waals surface area (Å²) in [4.78, 5) is 12.9. The number of rotatable bonds is 4. The van der Waals surface area contributed by atoms with Crippen LogP contribution in [0.3, 0.4) is 0 Å². The fraction of sp³-hybridized carbons (Fsp3) is 0.100. The van der Waals surface area contributed by atoms with Gasteiger partial charge in [-0.2, -0.15) is 10.1 Å². The van der Waals surface area contributed by atoms with Crippen LogP contribution in [0.5, 0.6) is 11.6 Å². The minimum atomic E-state index is 0.424. The number of hydrogen-bond acceptors (Lipinski definition) is 7. The SMILES string of the molecule is Cc1ccc(Nc2nc3cc(Oc4ncnc5c4cnn5C)ccc3o2)cc1. The summed E-state index contributed by atoms with van der Waals surface area (Å²) >= 11 is 0. The second-order valence-electron chi connectivity index (χ2n) is 6.43. The third kappa shape index (κ3) is 2.90. The quantitative estimate of drug-likeness (QED) is 0.501. The summed E-state index contributed by atoms with van der Waals surface area (Å²) < 4.78 is 13.4. The number of aromatic nitrogens is 5. The number of anilines is 2. The van der Waals surface area contributed by atoms with E-state index >= 15 is 0 Å². The summed E-state index contributed by atoms with van der Waals surface area (Å²) in [5.41, 5.74) is 4.16. The predicted octanol–water partition coefficient (Wildman–Crippen LogP) is 4.35. The lowest BCUT2D eigenvalue weighted by molar-refractivity contribution is 0.468. The van der Waals surface area contributed by atoms with Gasteiger partial charge in [-0.15, -0.1) is 0 Å². The molecule has 28 heavy (non-hydrogen) atoms. The van der Waals surface area contributed by atoms with E-state index in [1.165, 1.54) is 11.9 Å². The minimum Gasteiger partial charge on any atom is -0.438 e. The van der Waals surface area contributed by atoms with Gasteiger partial charge in [0, 0.05) is 18.8 Å². The van der Waals surface area contributed by atoms with Crippen LogP contribution < -0.4 is 10.1 Å². The molecule has 1 N–H and O–H groups in total. The van der Waals surface area contributed by atoms with E-state index in [-0.39, 0.29) is 0 Å². The molecule has 3 heterocycles. The Morgan fingerprint density at radius 1 is 1.07 bits per heavy atom. The van der Waals surface area contributed by atoms with Gasteiger partial charge in [0.25, 0.3) is 6.01 Å². The lowest BCUT2D eigenvalue weighted by Crippen LogP contribution is -1.94. The van der Waals surface area contributed by atoms with E-state index in [0.717, 1.165) is 11.1 Å². The van der Waals surface area contributed by atoms with E-state index in [2.05, 4.69) is 25.4 Å². The van der Waals surface area contributed by atoms with Crippen molar-refractivity contribution in [1.82, 2.24) is 24.7 Å². The average Bonchev–Trinajstić information content (AvgIpc) is 3.27. The average molecular weight is 372 g/mol. The Morgan fingerprint density at radius 3 is 2.79 bits per heavy atom. The Labute approximate surface area is 159 Å². The number of fused-ring (bicyclic) bond motifs is 2. The molecule has 138 valence electrons. The highest BCUT2D eigenvalue weighted by atomic mass is 16.5. The number of hydrogen-bond donors (Lipinski definition) is 1. The van der Waals surface area contributed by atoms with Crippen molar-refractivity contribution >= 4 is 33.8 Å². The standard InChI is InChI=1S/C20H16N6O2/c1-12-3-5-13(6-4-12)24-20-25-16-9-14(7-8-17(16)28-20)27-19-15-10-23-26(2)18(15)21-11-22-19/h3-11H,1-2H3,(H,24,25). The van der Waals surface area contributed by atoms with Crippen molar-refractivity contribution in [2.75, 3.05) is 5.32 Å². The van der Waals surface area contributed by atoms with Crippen LogP contribution in [0.1, 0.15) is 5.56 Å². The van der Waals surface area contributed by atoms with E-state index in [1.54, 1.807) is 10.9 Å². The molecule has 0 amide bonds. The van der Waals surface area contributed by atoms with Crippen molar-refractivity contribution < 1.29 is 9.15 Å². The Kier molecular flexibility index (Phi) is 3.68. The number of nitrogens with one attached hydrogen (secondary N) is 1. The lowest BCUT2D eigenvalue weighted by atomic mass is 10.2. The molecular formula is C20H16N6O2. The summed E-state index contributed by atoms with van der Waals surface area (Å²) in [5.74, 6) is 1.05. The molecule has 0 aliphatic rings. The molecule has 0 atom stereocenters. The maximum absolute atomic E-state index is 5.95. The highest BCUT2D eigenvalue weighted by Crippen LogP contribution is 2.30. The number of ether oxygens (including phenoxy) is 1. The van der Waals surface area contributed by atoms with Crippen LogP contribution >= 0.6 is 0 Å². The molecule has 0 aliphatic carbocycles. The lowest BCUT2D eigenvalue weighted by Gasteiger charge is -2.04. The van der Waals surface area contributed by atoms with E-state index < -0.39 is 0 Å². The van der Waals surface area contributed by atoms with Gasteiger partial charge in [-0.25, -0.2) is 9.97 Å². The first-order chi connectivity index (χ1) is 13.7. The zero-order valence-electron chi connectivity index (χ0n) is 15.2. The number of nitrogens with zero attached hydrogens (tertiary/aromatic N) is 5. The van der Waals surface area contributed by atoms with Gasteiger partial charge < -0.3 is 14.5 Å². The van der Waals surface area contributed by atoms with Gasteiger partial charge in [0.05, 0.1) is 6.20 Å². The summed E-state index contributed by atoms with van der Waals surface area (Å²) in [6.45, 7) is 2.04. The minimum absolute atomic E-state index is 0.424. The topological polar surface area (TPSA) is 90.9 Å². The zero-order chi connectivity index (χ0) is 19.1. The van der Waals surface area contributed by atoms with Gasteiger partial charge in [0.2, 0.25) is 5.88 Å². The smallest absolute Gasteiger partial charge is 0.300 e. The largest absolute Gasteiger partial charge is 0.438 e. The number of aryl methyl sites for hydroxylation is 2. The third-order valence-corrected chi connectivity index (χ3v) is 4.37. The molecule has 5 rings (SSSR count). The molecule has 0 saturated heterocycles. The molecule has 0 aliphatic heterocycles. The molecule has 2 aromatic carbocycles. The molecule has 5 aromatic rings. The van der Waals surface area contributed by atoms with E-state index in [0.29, 0.717) is 34.4 Å². The molecule has 3 aromatic heterocycles. The zero-order valence-corrected chi connectivity index (χ0v) is 15.2. The Bertz CT molecular complexity index is 1290. The van der Waals surface area contributed by atoms with Crippen LogP contribution in [0.2, 0.25) is 0 Å². The van der Waals surface area contributed by atoms with E-state index in [4.69, 9.17) is 9.15 Å². The molecule has 0 fully saturated rings. The van der Waals surface area contributed by atoms with Crippen LogP contribution in [0.25, 0.3) is 22.1 Å². The predicted molar refractivity (Wildman–Crippen MR) is 105 cm³/mol. The molecule has 0 radical (unpaired) electrons. The Balaban J connectivity index is 1.44. The van der Waals surface area contributed by atoms with Gasteiger partial charge in [0.1, 0.15) is 23.0 Å². The van der Waals surface area contributed by atoms with Crippen LogP contribution in [0.15, 0.2) is 59.4 Å². The van der Waals surface area contributed by atoms with Crippen LogP contribution in [-0.2, 0) is 7.05 Å². The van der Waals surface area contributed by atoms with Gasteiger partial charge in [-0.05, 0) is 31.2 Å². The number of oxazole rings is 1. The summed E-state index contributed by atoms with van der Waals surface area (Å²) in [5, 5.41) is 8.10. The highest BCUT2D eigenvalue weighted by molar-refractivity contribution is 5.81. The van der Waals surface area contributed by atoms with Crippen molar-refractivity contribution in [2.45, 2.75) is 6.92 Å². The van der Waals surface area contributed by atoms with Crippen molar-refractivity contribution in [3.63, 3.8) is 0 Å². The maximum Gasteiger partial charge on any atom is 0.300 e. The second-order valence-corrected chi connectivity index (χ2v) is 6.43. The molecule has 8 nitrogen and oxygen atoms in total. The summed E-state index contributed by atoms with van der Waals surface area (Å²) in [6, 6.07) is 13.9. The van der Waals surface area contributed by atoms with Crippen molar-refractivity contribution in [3.05, 3.63) is 60.6 Å². The van der Waals surface area contributed by atoms with Crippen LogP contribution in [0.4, 0.5) is 11.7 Å². The second kappa shape index (κ2) is 6.34. The first-order valence-corrected chi connectivity index (χ1v) is 8.70. The highest BCUT2D eigenvalue weighted by Gasteiger charge is 2.12. The van der Waals surface area contributed by atoms with Gasteiger partial charge >= 0.3 is 0 Å². The normalized spacial score (nSPS) is 11.2. The molecule has 0 bridgehead atoms. The number of benzene rings is 2. The van der Waals surface area contributed by atoms with Gasteiger partial charge in [0.15, 0.2) is 11.2 Å². The Hall–Kier alpha value is -3.94. The van der Waals surface area contributed by atoms with Crippen LogP contribution in [-0.4, -0.2) is 24.7 Å².